The molecule has 0 unspecified atom stereocenters. The lowest BCUT2D eigenvalue weighted by molar-refractivity contribution is 0.351. The van der Waals surface area contributed by atoms with E-state index >= 15 is 0 Å². The first-order valence-electron chi connectivity index (χ1n) is 9.67. The highest BCUT2D eigenvalue weighted by molar-refractivity contribution is 7.20. The molecule has 4 aromatic heterocycles. The molecular weight excluding hydrogens is 439 g/mol. The fraction of sp³-hybridized carbons (Fsp3) is 0.286. The second kappa shape index (κ2) is 7.50. The first-order chi connectivity index (χ1) is 14.4. The van der Waals surface area contributed by atoms with Gasteiger partial charge in [-0.2, -0.15) is 0 Å². The number of nitrogens with one attached hydrogen (secondary N) is 1. The molecule has 1 saturated heterocycles. The predicted octanol–water partition coefficient (Wildman–Crippen LogP) is 5.01. The summed E-state index contributed by atoms with van der Waals surface area (Å²) in [6.45, 7) is 7.11. The van der Waals surface area contributed by atoms with Crippen molar-refractivity contribution in [3.05, 3.63) is 51.4 Å². The van der Waals surface area contributed by atoms with E-state index in [9.17, 15) is 0 Å². The van der Waals surface area contributed by atoms with Crippen molar-refractivity contribution in [3.8, 4) is 22.5 Å². The number of pyridine rings is 1. The molecule has 30 heavy (non-hydrogen) atoms. The number of anilines is 1. The Hall–Kier alpha value is -2.19. The maximum absolute atomic E-state index is 6.49. The lowest BCUT2D eigenvalue weighted by Crippen LogP contribution is -2.57. The average molecular weight is 459 g/mol. The molecule has 0 amide bonds. The Morgan fingerprint density at radius 3 is 2.63 bits per heavy atom. The normalized spacial score (nSPS) is 16.3. The fourth-order valence-electron chi connectivity index (χ4n) is 3.89. The summed E-state index contributed by atoms with van der Waals surface area (Å²) in [6.07, 6.45) is 3.53. The molecule has 5 rings (SSSR count). The van der Waals surface area contributed by atoms with Crippen molar-refractivity contribution in [3.63, 3.8) is 0 Å². The Balaban J connectivity index is 1.71. The summed E-state index contributed by atoms with van der Waals surface area (Å²) >= 11 is 14.1. The predicted molar refractivity (Wildman–Crippen MR) is 124 cm³/mol. The standard InChI is InChI=1S/C21H20Cl2N6S/c1-21(2)12-28(10-9-25-21)17-4-3-16-26-18(14-11-15(22)30-20(14)23)19(29(16)27-17)13-5-7-24-8-6-13/h3-8,11,25H,9-10,12H2,1-2H3. The monoisotopic (exact) mass is 458 g/mol. The molecule has 5 heterocycles. The fourth-order valence-corrected chi connectivity index (χ4v) is 5.35. The number of hydrogen-bond donors (Lipinski definition) is 1. The number of halogens is 2. The third-order valence-electron chi connectivity index (χ3n) is 5.22. The zero-order chi connectivity index (χ0) is 20.9. The number of nitrogens with zero attached hydrogens (tertiary/aromatic N) is 5. The first-order valence-corrected chi connectivity index (χ1v) is 11.2. The molecule has 0 bridgehead atoms. The van der Waals surface area contributed by atoms with Gasteiger partial charge in [-0.3, -0.25) is 4.98 Å². The number of hydrogen-bond acceptors (Lipinski definition) is 6. The van der Waals surface area contributed by atoms with Crippen molar-refractivity contribution in [1.29, 1.82) is 0 Å². The Kier molecular flexibility index (Phi) is 4.94. The zero-order valence-corrected chi connectivity index (χ0v) is 18.9. The molecule has 0 saturated carbocycles. The third kappa shape index (κ3) is 3.56. The SMILES string of the molecule is CC1(C)CN(c2ccc3nc(-c4cc(Cl)sc4Cl)c(-c4ccncc4)n3n2)CCN1. The van der Waals surface area contributed by atoms with E-state index in [1.54, 1.807) is 12.4 Å². The topological polar surface area (TPSA) is 58.4 Å². The van der Waals surface area contributed by atoms with Gasteiger partial charge in [0.15, 0.2) is 5.65 Å². The number of fused-ring (bicyclic) bond motifs is 1. The zero-order valence-electron chi connectivity index (χ0n) is 16.6. The molecule has 9 heteroatoms. The van der Waals surface area contributed by atoms with Crippen LogP contribution in [0.5, 0.6) is 0 Å². The number of thiophene rings is 1. The van der Waals surface area contributed by atoms with Crippen LogP contribution in [0.2, 0.25) is 8.67 Å². The van der Waals surface area contributed by atoms with Crippen LogP contribution in [0, 0.1) is 0 Å². The van der Waals surface area contributed by atoms with Gasteiger partial charge < -0.3 is 10.2 Å². The van der Waals surface area contributed by atoms with Crippen molar-refractivity contribution >= 4 is 46.0 Å². The lowest BCUT2D eigenvalue weighted by Gasteiger charge is -2.39. The van der Waals surface area contributed by atoms with Crippen LogP contribution < -0.4 is 10.2 Å². The van der Waals surface area contributed by atoms with E-state index < -0.39 is 0 Å². The minimum absolute atomic E-state index is 0.0316. The molecule has 1 fully saturated rings. The van der Waals surface area contributed by atoms with Gasteiger partial charge in [0, 0.05) is 48.7 Å². The Morgan fingerprint density at radius 1 is 1.13 bits per heavy atom. The average Bonchev–Trinajstić information content (AvgIpc) is 3.26. The molecule has 4 aromatic rings. The highest BCUT2D eigenvalue weighted by Crippen LogP contribution is 2.42. The van der Waals surface area contributed by atoms with Gasteiger partial charge in [0.25, 0.3) is 0 Å². The van der Waals surface area contributed by atoms with E-state index in [1.165, 1.54) is 11.3 Å². The molecule has 0 aromatic carbocycles. The Labute approximate surface area is 188 Å². The molecule has 0 radical (unpaired) electrons. The van der Waals surface area contributed by atoms with E-state index in [1.807, 2.05) is 34.8 Å². The van der Waals surface area contributed by atoms with Crippen molar-refractivity contribution in [1.82, 2.24) is 24.9 Å². The molecular formula is C21H20Cl2N6S. The van der Waals surface area contributed by atoms with Gasteiger partial charge in [-0.05, 0) is 44.2 Å². The largest absolute Gasteiger partial charge is 0.352 e. The van der Waals surface area contributed by atoms with Crippen molar-refractivity contribution < 1.29 is 0 Å². The Morgan fingerprint density at radius 2 is 1.93 bits per heavy atom. The van der Waals surface area contributed by atoms with Gasteiger partial charge in [0.2, 0.25) is 0 Å². The van der Waals surface area contributed by atoms with Crippen LogP contribution in [0.15, 0.2) is 42.7 Å². The molecule has 0 atom stereocenters. The summed E-state index contributed by atoms with van der Waals surface area (Å²) in [5, 5.41) is 8.53. The molecule has 1 aliphatic heterocycles. The van der Waals surface area contributed by atoms with Crippen molar-refractivity contribution in [2.24, 2.45) is 0 Å². The minimum Gasteiger partial charge on any atom is -0.352 e. The summed E-state index contributed by atoms with van der Waals surface area (Å²) in [4.78, 5) is 11.3. The van der Waals surface area contributed by atoms with Crippen LogP contribution in [0.3, 0.4) is 0 Å². The number of imidazole rings is 1. The van der Waals surface area contributed by atoms with E-state index in [4.69, 9.17) is 33.3 Å². The van der Waals surface area contributed by atoms with Crippen molar-refractivity contribution in [2.75, 3.05) is 24.5 Å². The molecule has 0 spiro atoms. The summed E-state index contributed by atoms with van der Waals surface area (Å²) in [7, 11) is 0. The second-order valence-electron chi connectivity index (χ2n) is 7.98. The quantitative estimate of drug-likeness (QED) is 0.467. The lowest BCUT2D eigenvalue weighted by atomic mass is 10.0. The maximum atomic E-state index is 6.49. The number of rotatable bonds is 3. The van der Waals surface area contributed by atoms with Crippen LogP contribution in [-0.4, -0.2) is 44.8 Å². The number of piperazine rings is 1. The van der Waals surface area contributed by atoms with Crippen molar-refractivity contribution in [2.45, 2.75) is 19.4 Å². The second-order valence-corrected chi connectivity index (χ2v) is 10.3. The van der Waals surface area contributed by atoms with Gasteiger partial charge in [-0.25, -0.2) is 9.50 Å². The highest BCUT2D eigenvalue weighted by Gasteiger charge is 2.27. The van der Waals surface area contributed by atoms with Gasteiger partial charge in [-0.15, -0.1) is 16.4 Å². The summed E-state index contributed by atoms with van der Waals surface area (Å²) in [5.41, 5.74) is 4.21. The van der Waals surface area contributed by atoms with Crippen LogP contribution in [0.4, 0.5) is 5.82 Å². The molecule has 154 valence electrons. The first kappa shape index (κ1) is 19.8. The van der Waals surface area contributed by atoms with E-state index in [0.29, 0.717) is 8.67 Å². The van der Waals surface area contributed by atoms with Gasteiger partial charge in [-0.1, -0.05) is 23.2 Å². The summed E-state index contributed by atoms with van der Waals surface area (Å²) in [5.74, 6) is 0.922. The van der Waals surface area contributed by atoms with Gasteiger partial charge >= 0.3 is 0 Å². The summed E-state index contributed by atoms with van der Waals surface area (Å²) in [6, 6.07) is 9.81. The van der Waals surface area contributed by atoms with E-state index in [0.717, 1.165) is 53.6 Å². The van der Waals surface area contributed by atoms with Crippen LogP contribution in [0.25, 0.3) is 28.2 Å². The van der Waals surface area contributed by atoms with E-state index in [-0.39, 0.29) is 5.54 Å². The smallest absolute Gasteiger partial charge is 0.155 e. The van der Waals surface area contributed by atoms with Gasteiger partial charge in [0.05, 0.1) is 4.34 Å². The van der Waals surface area contributed by atoms with Crippen LogP contribution in [0.1, 0.15) is 13.8 Å². The summed E-state index contributed by atoms with van der Waals surface area (Å²) < 4.78 is 3.14. The van der Waals surface area contributed by atoms with Crippen LogP contribution in [-0.2, 0) is 0 Å². The molecule has 1 N–H and O–H groups in total. The highest BCUT2D eigenvalue weighted by atomic mass is 35.5. The number of aromatic nitrogens is 4. The van der Waals surface area contributed by atoms with Crippen LogP contribution >= 0.6 is 34.5 Å². The molecule has 0 aliphatic carbocycles. The van der Waals surface area contributed by atoms with E-state index in [2.05, 4.69) is 29.0 Å². The third-order valence-corrected chi connectivity index (χ3v) is 6.71. The molecule has 1 aliphatic rings. The Bertz CT molecular complexity index is 1220. The van der Waals surface area contributed by atoms with Gasteiger partial charge in [0.1, 0.15) is 21.5 Å². The maximum Gasteiger partial charge on any atom is 0.155 e. The minimum atomic E-state index is 0.0316. The molecule has 6 nitrogen and oxygen atoms in total.